The SMILES string of the molecule is CCC(C)CCCCCCCCCCCCCCCCC(=O)O[C@H](COC(=O)CCCCCCCCC(C)C)COP(=O)(O)OCC(O)COP(=O)(O)OC[C@@H](COC(=O)CCCCCCCCCC(C)C)OC(=O)CCCCCCCCCCCCCCCCCCCCC(C)C. The monoisotopic (exact) mass is 1440 g/mol. The molecule has 6 atom stereocenters. The average Bonchev–Trinajstić information content (AvgIpc) is 0.933. The van der Waals surface area contributed by atoms with Gasteiger partial charge in [-0.2, -0.15) is 0 Å². The number of esters is 4. The molecule has 0 fully saturated rings. The average molecular weight is 1440 g/mol. The van der Waals surface area contributed by atoms with Crippen LogP contribution in [0.5, 0.6) is 0 Å². The first-order valence-electron chi connectivity index (χ1n) is 40.7. The lowest BCUT2D eigenvalue weighted by Crippen LogP contribution is -2.30. The van der Waals surface area contributed by atoms with E-state index in [1.165, 1.54) is 193 Å². The summed E-state index contributed by atoms with van der Waals surface area (Å²) >= 11 is 0. The number of carbonyl (C=O) groups excluding carboxylic acids is 4. The normalized spacial score (nSPS) is 14.3. The molecule has 0 amide bonds. The van der Waals surface area contributed by atoms with Crippen molar-refractivity contribution in [2.75, 3.05) is 39.6 Å². The smallest absolute Gasteiger partial charge is 0.462 e. The third-order valence-corrected chi connectivity index (χ3v) is 20.6. The van der Waals surface area contributed by atoms with E-state index in [2.05, 4.69) is 55.4 Å². The molecule has 19 heteroatoms. The van der Waals surface area contributed by atoms with Crippen LogP contribution in [0, 0.1) is 23.7 Å². The highest BCUT2D eigenvalue weighted by Gasteiger charge is 2.30. The summed E-state index contributed by atoms with van der Waals surface area (Å²) in [6.07, 6.45) is 54.4. The lowest BCUT2D eigenvalue weighted by molar-refractivity contribution is -0.161. The highest BCUT2D eigenvalue weighted by molar-refractivity contribution is 7.47. The molecule has 0 radical (unpaired) electrons. The Hall–Kier alpha value is -1.94. The standard InChI is InChI=1S/C79H154O17P2/c1-9-72(8)58-50-42-33-27-23-19-16-17-21-25-29-35-46-54-62-79(84)96-75(66-90-77(82)60-52-44-38-37-41-49-57-71(6)7)68-94-98(87,88)92-64-73(80)63-91-97(85,86)93-67-74(65-89-76(81)59-51-43-36-30-32-40-48-56-70(4)5)95-78(83)61-53-45-34-28-24-20-15-13-11-10-12-14-18-22-26-31-39-47-55-69(2)3/h69-75,80H,9-68H2,1-8H3,(H,85,86)(H,87,88)/t72?,73?,74-,75-/m1/s1. The second-order valence-corrected chi connectivity index (χ2v) is 33.0. The lowest BCUT2D eigenvalue weighted by atomic mass is 9.99. The van der Waals surface area contributed by atoms with Crippen LogP contribution in [0.3, 0.4) is 0 Å². The van der Waals surface area contributed by atoms with Gasteiger partial charge in [-0.3, -0.25) is 37.3 Å². The first kappa shape index (κ1) is 96.1. The van der Waals surface area contributed by atoms with Crippen molar-refractivity contribution in [3.8, 4) is 0 Å². The van der Waals surface area contributed by atoms with Crippen LogP contribution >= 0.6 is 15.6 Å². The molecule has 0 aliphatic carbocycles. The van der Waals surface area contributed by atoms with Crippen molar-refractivity contribution >= 4 is 39.5 Å². The molecule has 0 aliphatic rings. The van der Waals surface area contributed by atoms with Gasteiger partial charge in [-0.05, 0) is 49.4 Å². The summed E-state index contributed by atoms with van der Waals surface area (Å²) in [6.45, 7) is 14.2. The third kappa shape index (κ3) is 71.1. The van der Waals surface area contributed by atoms with Crippen LogP contribution in [0.1, 0.15) is 402 Å². The fourth-order valence-corrected chi connectivity index (χ4v) is 13.6. The molecule has 0 saturated carbocycles. The Balaban J connectivity index is 5.15. The summed E-state index contributed by atoms with van der Waals surface area (Å²) in [7, 11) is -9.92. The van der Waals surface area contributed by atoms with E-state index in [1.807, 2.05) is 0 Å². The van der Waals surface area contributed by atoms with Crippen molar-refractivity contribution < 1.29 is 80.2 Å². The van der Waals surface area contributed by atoms with Crippen molar-refractivity contribution in [2.45, 2.75) is 420 Å². The van der Waals surface area contributed by atoms with Crippen molar-refractivity contribution in [3.05, 3.63) is 0 Å². The number of rotatable bonds is 76. The summed E-state index contributed by atoms with van der Waals surface area (Å²) in [5.74, 6) is 0.930. The highest BCUT2D eigenvalue weighted by Crippen LogP contribution is 2.45. The minimum atomic E-state index is -4.96. The van der Waals surface area contributed by atoms with Gasteiger partial charge in [-0.15, -0.1) is 0 Å². The number of unbranched alkanes of at least 4 members (excludes halogenated alkanes) is 41. The van der Waals surface area contributed by atoms with Gasteiger partial charge in [0.15, 0.2) is 12.2 Å². The van der Waals surface area contributed by atoms with E-state index >= 15 is 0 Å². The summed E-state index contributed by atoms with van der Waals surface area (Å²) in [5.41, 5.74) is 0. The Morgan fingerprint density at radius 1 is 0.286 bits per heavy atom. The van der Waals surface area contributed by atoms with Gasteiger partial charge < -0.3 is 33.8 Å². The maximum atomic E-state index is 13.1. The first-order valence-corrected chi connectivity index (χ1v) is 43.7. The quantitative estimate of drug-likeness (QED) is 0.0222. The Morgan fingerprint density at radius 3 is 0.724 bits per heavy atom. The van der Waals surface area contributed by atoms with Gasteiger partial charge in [-0.1, -0.05) is 351 Å². The third-order valence-electron chi connectivity index (χ3n) is 18.7. The number of hydrogen-bond acceptors (Lipinski definition) is 15. The molecule has 4 unspecified atom stereocenters. The fraction of sp³-hybridized carbons (Fsp3) is 0.949. The van der Waals surface area contributed by atoms with E-state index in [-0.39, 0.29) is 25.7 Å². The molecule has 98 heavy (non-hydrogen) atoms. The van der Waals surface area contributed by atoms with Gasteiger partial charge in [0.25, 0.3) is 0 Å². The molecule has 0 saturated heterocycles. The van der Waals surface area contributed by atoms with E-state index in [1.54, 1.807) is 0 Å². The molecule has 0 aromatic heterocycles. The number of ether oxygens (including phenoxy) is 4. The molecule has 582 valence electrons. The Labute approximate surface area is 600 Å². The zero-order valence-electron chi connectivity index (χ0n) is 64.4. The molecule has 0 spiro atoms. The molecule has 0 aromatic rings. The van der Waals surface area contributed by atoms with Crippen molar-refractivity contribution in [1.82, 2.24) is 0 Å². The van der Waals surface area contributed by atoms with Crippen LogP contribution in [0.4, 0.5) is 0 Å². The minimum absolute atomic E-state index is 0.106. The van der Waals surface area contributed by atoms with Crippen molar-refractivity contribution in [2.24, 2.45) is 23.7 Å². The zero-order valence-corrected chi connectivity index (χ0v) is 66.2. The second kappa shape index (κ2) is 68.2. The zero-order chi connectivity index (χ0) is 72.4. The van der Waals surface area contributed by atoms with Crippen LogP contribution in [0.25, 0.3) is 0 Å². The number of phosphoric ester groups is 2. The van der Waals surface area contributed by atoms with Gasteiger partial charge in [-0.25, -0.2) is 9.13 Å². The predicted molar refractivity (Wildman–Crippen MR) is 400 cm³/mol. The van der Waals surface area contributed by atoms with E-state index in [4.69, 9.17) is 37.0 Å². The Kier molecular flexibility index (Phi) is 66.8. The second-order valence-electron chi connectivity index (χ2n) is 30.1. The number of carbonyl (C=O) groups is 4. The van der Waals surface area contributed by atoms with Gasteiger partial charge in [0, 0.05) is 25.7 Å². The van der Waals surface area contributed by atoms with Crippen molar-refractivity contribution in [3.63, 3.8) is 0 Å². The molecule has 3 N–H and O–H groups in total. The summed E-state index contributed by atoms with van der Waals surface area (Å²) in [5, 5.41) is 10.6. The lowest BCUT2D eigenvalue weighted by Gasteiger charge is -2.21. The van der Waals surface area contributed by atoms with Crippen molar-refractivity contribution in [1.29, 1.82) is 0 Å². The Bertz CT molecular complexity index is 1920. The topological polar surface area (TPSA) is 237 Å². The molecule has 0 heterocycles. The fourth-order valence-electron chi connectivity index (χ4n) is 12.0. The van der Waals surface area contributed by atoms with Gasteiger partial charge in [0.2, 0.25) is 0 Å². The number of hydrogen-bond donors (Lipinski definition) is 3. The number of aliphatic hydroxyl groups excluding tert-OH is 1. The predicted octanol–water partition coefficient (Wildman–Crippen LogP) is 23.2. The number of phosphoric acid groups is 2. The minimum Gasteiger partial charge on any atom is -0.462 e. The maximum absolute atomic E-state index is 13.1. The first-order chi connectivity index (χ1) is 47.1. The highest BCUT2D eigenvalue weighted by atomic mass is 31.2. The molecule has 0 aliphatic heterocycles. The number of aliphatic hydroxyl groups is 1. The summed E-state index contributed by atoms with van der Waals surface area (Å²) in [4.78, 5) is 72.8. The maximum Gasteiger partial charge on any atom is 0.472 e. The molecule has 0 bridgehead atoms. The summed E-state index contributed by atoms with van der Waals surface area (Å²) < 4.78 is 68.5. The van der Waals surface area contributed by atoms with E-state index < -0.39 is 97.5 Å². The van der Waals surface area contributed by atoms with Crippen LogP contribution in [-0.4, -0.2) is 96.7 Å². The molecular formula is C79H154O17P2. The Morgan fingerprint density at radius 2 is 0.490 bits per heavy atom. The molecule has 17 nitrogen and oxygen atoms in total. The molecular weight excluding hydrogens is 1280 g/mol. The van der Waals surface area contributed by atoms with E-state index in [9.17, 15) is 43.2 Å². The molecule has 0 rings (SSSR count). The molecule has 0 aromatic carbocycles. The van der Waals surface area contributed by atoms with Gasteiger partial charge >= 0.3 is 39.5 Å². The van der Waals surface area contributed by atoms with E-state index in [0.29, 0.717) is 37.5 Å². The largest absolute Gasteiger partial charge is 0.472 e. The van der Waals surface area contributed by atoms with Crippen LogP contribution in [0.15, 0.2) is 0 Å². The summed E-state index contributed by atoms with van der Waals surface area (Å²) in [6, 6.07) is 0. The van der Waals surface area contributed by atoms with E-state index in [0.717, 1.165) is 115 Å². The van der Waals surface area contributed by atoms with Gasteiger partial charge in [0.05, 0.1) is 26.4 Å². The van der Waals surface area contributed by atoms with Crippen LogP contribution in [-0.2, 0) is 65.4 Å². The van der Waals surface area contributed by atoms with Gasteiger partial charge in [0.1, 0.15) is 19.3 Å². The van der Waals surface area contributed by atoms with Crippen LogP contribution in [0.2, 0.25) is 0 Å². The van der Waals surface area contributed by atoms with Crippen LogP contribution < -0.4 is 0 Å².